The summed E-state index contributed by atoms with van der Waals surface area (Å²) in [4.78, 5) is 26.6. The molecule has 0 bridgehead atoms. The highest BCUT2D eigenvalue weighted by Gasteiger charge is 2.33. The monoisotopic (exact) mass is 490 g/mol. The number of carbonyl (C=O) groups excluding carboxylic acids is 2. The Morgan fingerprint density at radius 2 is 1.85 bits per heavy atom. The number of nitrogens with zero attached hydrogens (tertiary/aromatic N) is 1. The Kier molecular flexibility index (Phi) is 7.71. The highest BCUT2D eigenvalue weighted by molar-refractivity contribution is 7.92. The van der Waals surface area contributed by atoms with Gasteiger partial charge in [-0.3, -0.25) is 4.72 Å². The quantitative estimate of drug-likeness (QED) is 0.583. The number of hydrogen-bond donors (Lipinski definition) is 1. The van der Waals surface area contributed by atoms with Crippen LogP contribution in [0.4, 0.5) is 10.5 Å². The minimum Gasteiger partial charge on any atom is -0.495 e. The second-order valence-electron chi connectivity index (χ2n) is 8.91. The van der Waals surface area contributed by atoms with Crippen molar-refractivity contribution in [1.29, 1.82) is 0 Å². The van der Waals surface area contributed by atoms with Crippen molar-refractivity contribution >= 4 is 27.8 Å². The lowest BCUT2D eigenvalue weighted by Gasteiger charge is -2.28. The number of methoxy groups -OCH3 is 1. The topological polar surface area (TPSA) is 111 Å². The Balaban J connectivity index is 1.65. The first-order valence-corrected chi connectivity index (χ1v) is 12.4. The number of ether oxygens (including phenoxy) is 3. The number of para-hydroxylation sites is 1. The highest BCUT2D eigenvalue weighted by Crippen LogP contribution is 2.26. The van der Waals surface area contributed by atoms with Gasteiger partial charge in [0.15, 0.2) is 0 Å². The van der Waals surface area contributed by atoms with Gasteiger partial charge < -0.3 is 19.1 Å². The van der Waals surface area contributed by atoms with Gasteiger partial charge in [0.05, 0.1) is 18.7 Å². The predicted molar refractivity (Wildman–Crippen MR) is 126 cm³/mol. The predicted octanol–water partition coefficient (Wildman–Crippen LogP) is 4.05. The maximum atomic E-state index is 12.8. The molecule has 1 amide bonds. The third kappa shape index (κ3) is 6.40. The van der Waals surface area contributed by atoms with Crippen molar-refractivity contribution in [2.75, 3.05) is 25.0 Å². The number of rotatable bonds is 7. The lowest BCUT2D eigenvalue weighted by atomic mass is 10.2. The average molecular weight is 491 g/mol. The molecule has 1 fully saturated rings. The first-order valence-electron chi connectivity index (χ1n) is 10.9. The van der Waals surface area contributed by atoms with Gasteiger partial charge in [-0.2, -0.15) is 0 Å². The van der Waals surface area contributed by atoms with Crippen molar-refractivity contribution in [1.82, 2.24) is 4.90 Å². The summed E-state index contributed by atoms with van der Waals surface area (Å²) in [5.41, 5.74) is -0.225. The second-order valence-corrected chi connectivity index (χ2v) is 10.6. The minimum absolute atomic E-state index is 0.0195. The van der Waals surface area contributed by atoms with E-state index < -0.39 is 27.7 Å². The van der Waals surface area contributed by atoms with Crippen LogP contribution in [0, 0.1) is 0 Å². The van der Waals surface area contributed by atoms with Gasteiger partial charge in [0.1, 0.15) is 22.9 Å². The molecule has 1 unspecified atom stereocenters. The van der Waals surface area contributed by atoms with Gasteiger partial charge in [0.25, 0.3) is 10.0 Å². The number of esters is 1. The fourth-order valence-corrected chi connectivity index (χ4v) is 4.81. The van der Waals surface area contributed by atoms with Crippen LogP contribution >= 0.6 is 0 Å². The standard InChI is InChI=1S/C24H30N2O7S/c1-24(2,3)33-23(28)26-14-8-11-19(26)16-32-22(27)17-9-7-10-18(15-17)25-34(29,30)21-13-6-5-12-20(21)31-4/h5-7,9-10,12-13,15,19,25H,8,11,14,16H2,1-4H3. The molecule has 2 aromatic rings. The SMILES string of the molecule is COc1ccccc1S(=O)(=O)Nc1cccc(C(=O)OCC2CCCN2C(=O)OC(C)(C)C)c1. The Morgan fingerprint density at radius 3 is 2.56 bits per heavy atom. The van der Waals surface area contributed by atoms with Crippen molar-refractivity contribution in [2.45, 2.75) is 50.2 Å². The molecule has 1 saturated heterocycles. The molecule has 34 heavy (non-hydrogen) atoms. The molecule has 0 radical (unpaired) electrons. The molecule has 1 aliphatic heterocycles. The third-order valence-electron chi connectivity index (χ3n) is 5.12. The van der Waals surface area contributed by atoms with E-state index in [9.17, 15) is 18.0 Å². The zero-order chi connectivity index (χ0) is 24.9. The summed E-state index contributed by atoms with van der Waals surface area (Å²) >= 11 is 0. The summed E-state index contributed by atoms with van der Waals surface area (Å²) in [5.74, 6) is -0.411. The van der Waals surface area contributed by atoms with E-state index >= 15 is 0 Å². The maximum Gasteiger partial charge on any atom is 0.410 e. The number of likely N-dealkylation sites (tertiary alicyclic amines) is 1. The molecule has 0 aromatic heterocycles. The van der Waals surface area contributed by atoms with E-state index in [0.29, 0.717) is 13.0 Å². The third-order valence-corrected chi connectivity index (χ3v) is 6.54. The molecule has 184 valence electrons. The van der Waals surface area contributed by atoms with E-state index in [-0.39, 0.29) is 34.5 Å². The molecule has 10 heteroatoms. The Hall–Kier alpha value is -3.27. The summed E-state index contributed by atoms with van der Waals surface area (Å²) < 4.78 is 44.1. The summed E-state index contributed by atoms with van der Waals surface area (Å²) in [6.45, 7) is 5.95. The summed E-state index contributed by atoms with van der Waals surface area (Å²) in [6, 6.07) is 12.0. The summed E-state index contributed by atoms with van der Waals surface area (Å²) in [5, 5.41) is 0. The lowest BCUT2D eigenvalue weighted by molar-refractivity contribution is 0.0106. The van der Waals surface area contributed by atoms with E-state index in [1.54, 1.807) is 49.9 Å². The molecule has 0 spiro atoms. The molecule has 1 aliphatic rings. The van der Waals surface area contributed by atoms with Gasteiger partial charge in [-0.25, -0.2) is 18.0 Å². The number of nitrogens with one attached hydrogen (secondary N) is 1. The Morgan fingerprint density at radius 1 is 1.12 bits per heavy atom. The van der Waals surface area contributed by atoms with Crippen molar-refractivity contribution in [3.8, 4) is 5.75 Å². The summed E-state index contributed by atoms with van der Waals surface area (Å²) in [6.07, 6.45) is 1.06. The number of sulfonamides is 1. The minimum atomic E-state index is -3.94. The lowest BCUT2D eigenvalue weighted by Crippen LogP contribution is -2.42. The van der Waals surface area contributed by atoms with Crippen molar-refractivity contribution < 1.29 is 32.2 Å². The van der Waals surface area contributed by atoms with Gasteiger partial charge in [0, 0.05) is 12.2 Å². The van der Waals surface area contributed by atoms with Gasteiger partial charge in [-0.1, -0.05) is 18.2 Å². The number of amides is 1. The van der Waals surface area contributed by atoms with Crippen LogP contribution in [-0.2, 0) is 19.5 Å². The van der Waals surface area contributed by atoms with Crippen LogP contribution in [0.2, 0.25) is 0 Å². The average Bonchev–Trinajstić information content (AvgIpc) is 3.25. The number of anilines is 1. The van der Waals surface area contributed by atoms with Gasteiger partial charge in [0.2, 0.25) is 0 Å². The second kappa shape index (κ2) is 10.3. The fourth-order valence-electron chi connectivity index (χ4n) is 3.59. The molecule has 3 rings (SSSR count). The van der Waals surface area contributed by atoms with Gasteiger partial charge >= 0.3 is 12.1 Å². The maximum absolute atomic E-state index is 12.8. The van der Waals surface area contributed by atoms with E-state index in [0.717, 1.165) is 6.42 Å². The van der Waals surface area contributed by atoms with Crippen LogP contribution in [0.3, 0.4) is 0 Å². The Labute approximate surface area is 200 Å². The van der Waals surface area contributed by atoms with E-state index in [1.165, 1.54) is 31.4 Å². The van der Waals surface area contributed by atoms with Crippen molar-refractivity contribution in [3.63, 3.8) is 0 Å². The summed E-state index contributed by atoms with van der Waals surface area (Å²) in [7, 11) is -2.55. The normalized spacial score (nSPS) is 16.1. The van der Waals surface area contributed by atoms with E-state index in [1.807, 2.05) is 0 Å². The number of carbonyl (C=O) groups is 2. The van der Waals surface area contributed by atoms with Crippen LogP contribution in [0.1, 0.15) is 44.0 Å². The van der Waals surface area contributed by atoms with Crippen LogP contribution in [0.15, 0.2) is 53.4 Å². The zero-order valence-corrected chi connectivity index (χ0v) is 20.6. The fraction of sp³-hybridized carbons (Fsp3) is 0.417. The number of benzene rings is 2. The smallest absolute Gasteiger partial charge is 0.410 e. The highest BCUT2D eigenvalue weighted by atomic mass is 32.2. The number of hydrogen-bond acceptors (Lipinski definition) is 7. The molecule has 2 aromatic carbocycles. The van der Waals surface area contributed by atoms with Gasteiger partial charge in [-0.15, -0.1) is 0 Å². The molecule has 9 nitrogen and oxygen atoms in total. The first kappa shape index (κ1) is 25.4. The van der Waals surface area contributed by atoms with Crippen LogP contribution in [-0.4, -0.2) is 57.3 Å². The van der Waals surface area contributed by atoms with Crippen LogP contribution < -0.4 is 9.46 Å². The first-order chi connectivity index (χ1) is 16.0. The Bertz CT molecular complexity index is 1140. The van der Waals surface area contributed by atoms with Crippen LogP contribution in [0.5, 0.6) is 5.75 Å². The largest absolute Gasteiger partial charge is 0.495 e. The zero-order valence-electron chi connectivity index (χ0n) is 19.7. The van der Waals surface area contributed by atoms with Gasteiger partial charge in [-0.05, 0) is 63.9 Å². The van der Waals surface area contributed by atoms with Crippen molar-refractivity contribution in [3.05, 3.63) is 54.1 Å². The van der Waals surface area contributed by atoms with E-state index in [4.69, 9.17) is 14.2 Å². The van der Waals surface area contributed by atoms with Crippen LogP contribution in [0.25, 0.3) is 0 Å². The molecule has 0 aliphatic carbocycles. The molecule has 1 atom stereocenters. The molecule has 1 heterocycles. The van der Waals surface area contributed by atoms with E-state index in [2.05, 4.69) is 4.72 Å². The molecule has 1 N–H and O–H groups in total. The molecule has 0 saturated carbocycles. The van der Waals surface area contributed by atoms with Crippen molar-refractivity contribution in [2.24, 2.45) is 0 Å². The molecular weight excluding hydrogens is 460 g/mol. The molecular formula is C24H30N2O7S.